The summed E-state index contributed by atoms with van der Waals surface area (Å²) in [5.74, 6) is 18.2. The summed E-state index contributed by atoms with van der Waals surface area (Å²) < 4.78 is 0. The molecular formula is C12H15B. The first kappa shape index (κ1) is 11.7. The molecule has 0 aromatic rings. The lowest BCUT2D eigenvalue weighted by Gasteiger charge is -1.83. The van der Waals surface area contributed by atoms with Gasteiger partial charge in [-0.3, -0.25) is 0 Å². The molecule has 0 saturated carbocycles. The summed E-state index contributed by atoms with van der Waals surface area (Å²) in [5, 5.41) is 0. The highest BCUT2D eigenvalue weighted by Crippen LogP contribution is 1.80. The summed E-state index contributed by atoms with van der Waals surface area (Å²) in [6.45, 7) is 6.06. The SMILES string of the molecule is CCC#CB(C#CCC)C#CCC. The third kappa shape index (κ3) is 7.12. The van der Waals surface area contributed by atoms with E-state index in [1.165, 1.54) is 0 Å². The molecule has 66 valence electrons. The van der Waals surface area contributed by atoms with Gasteiger partial charge >= 0.3 is 6.71 Å². The lowest BCUT2D eigenvalue weighted by Crippen LogP contribution is -2.04. The molecule has 0 atom stereocenters. The molecule has 0 radical (unpaired) electrons. The minimum atomic E-state index is -0.0418. The van der Waals surface area contributed by atoms with Crippen LogP contribution in [0.4, 0.5) is 0 Å². The van der Waals surface area contributed by atoms with Crippen LogP contribution in [0, 0.1) is 35.2 Å². The van der Waals surface area contributed by atoms with Gasteiger partial charge in [-0.1, -0.05) is 20.8 Å². The van der Waals surface area contributed by atoms with Crippen LogP contribution in [0.2, 0.25) is 0 Å². The fourth-order valence-electron chi connectivity index (χ4n) is 0.721. The molecule has 0 rings (SSSR count). The van der Waals surface area contributed by atoms with Crippen molar-refractivity contribution in [2.75, 3.05) is 0 Å². The van der Waals surface area contributed by atoms with Gasteiger partial charge in [-0.05, 0) is 0 Å². The fraction of sp³-hybridized carbons (Fsp3) is 0.500. The van der Waals surface area contributed by atoms with Gasteiger partial charge in [-0.15, -0.1) is 35.2 Å². The third-order valence-corrected chi connectivity index (χ3v) is 1.27. The Kier molecular flexibility index (Phi) is 7.98. The van der Waals surface area contributed by atoms with Crippen molar-refractivity contribution in [3.63, 3.8) is 0 Å². The molecule has 0 aliphatic carbocycles. The van der Waals surface area contributed by atoms with Crippen LogP contribution in [0.25, 0.3) is 0 Å². The highest BCUT2D eigenvalue weighted by atomic mass is 13.6. The first-order valence-electron chi connectivity index (χ1n) is 4.80. The maximum absolute atomic E-state index is 3.04. The fourth-order valence-corrected chi connectivity index (χ4v) is 0.721. The Bertz CT molecular complexity index is 243. The van der Waals surface area contributed by atoms with Crippen molar-refractivity contribution in [2.24, 2.45) is 0 Å². The molecule has 0 aromatic carbocycles. The zero-order chi connectivity index (χ0) is 9.94. The highest BCUT2D eigenvalue weighted by Gasteiger charge is 2.00. The van der Waals surface area contributed by atoms with Crippen molar-refractivity contribution in [3.05, 3.63) is 0 Å². The average molecular weight is 170 g/mol. The molecule has 0 aliphatic heterocycles. The Labute approximate surface area is 82.6 Å². The molecule has 0 spiro atoms. The van der Waals surface area contributed by atoms with Gasteiger partial charge in [0.1, 0.15) is 0 Å². The van der Waals surface area contributed by atoms with Gasteiger partial charge in [-0.25, -0.2) is 0 Å². The predicted octanol–water partition coefficient (Wildman–Crippen LogP) is 2.34. The second-order valence-corrected chi connectivity index (χ2v) is 2.46. The van der Waals surface area contributed by atoms with E-state index in [9.17, 15) is 0 Å². The molecule has 0 saturated heterocycles. The van der Waals surface area contributed by atoms with E-state index in [1.807, 2.05) is 20.8 Å². The summed E-state index contributed by atoms with van der Waals surface area (Å²) >= 11 is 0. The first-order chi connectivity index (χ1) is 6.35. The van der Waals surface area contributed by atoms with Crippen LogP contribution in [0.15, 0.2) is 0 Å². The van der Waals surface area contributed by atoms with Crippen LogP contribution in [-0.4, -0.2) is 6.71 Å². The van der Waals surface area contributed by atoms with Crippen molar-refractivity contribution in [2.45, 2.75) is 40.0 Å². The summed E-state index contributed by atoms with van der Waals surface area (Å²) in [7, 11) is 0. The minimum absolute atomic E-state index is 0.0418. The van der Waals surface area contributed by atoms with Gasteiger partial charge in [0, 0.05) is 19.3 Å². The molecule has 0 fully saturated rings. The summed E-state index contributed by atoms with van der Waals surface area (Å²) in [4.78, 5) is 0. The molecule has 0 unspecified atom stereocenters. The van der Waals surface area contributed by atoms with Crippen molar-refractivity contribution < 1.29 is 0 Å². The first-order valence-corrected chi connectivity index (χ1v) is 4.80. The normalized spacial score (nSPS) is 6.69. The van der Waals surface area contributed by atoms with Crippen molar-refractivity contribution in [1.29, 1.82) is 0 Å². The van der Waals surface area contributed by atoms with E-state index in [0.29, 0.717) is 0 Å². The number of rotatable bonds is 0. The Morgan fingerprint density at radius 1 is 0.692 bits per heavy atom. The second kappa shape index (κ2) is 8.84. The molecule has 0 bridgehead atoms. The lowest BCUT2D eigenvalue weighted by atomic mass is 9.52. The van der Waals surface area contributed by atoms with E-state index in [-0.39, 0.29) is 6.71 Å². The van der Waals surface area contributed by atoms with Crippen LogP contribution >= 0.6 is 0 Å². The van der Waals surface area contributed by atoms with Crippen LogP contribution < -0.4 is 0 Å². The summed E-state index contributed by atoms with van der Waals surface area (Å²) in [6.07, 6.45) is 2.62. The van der Waals surface area contributed by atoms with Gasteiger partial charge in [0.15, 0.2) is 0 Å². The highest BCUT2D eigenvalue weighted by molar-refractivity contribution is 6.82. The topological polar surface area (TPSA) is 0 Å². The van der Waals surface area contributed by atoms with E-state index in [1.54, 1.807) is 0 Å². The van der Waals surface area contributed by atoms with Gasteiger partial charge < -0.3 is 0 Å². The molecule has 0 aliphatic rings. The largest absolute Gasteiger partial charge is 0.395 e. The Morgan fingerprint density at radius 3 is 1.23 bits per heavy atom. The van der Waals surface area contributed by atoms with Gasteiger partial charge in [0.05, 0.1) is 0 Å². The monoisotopic (exact) mass is 170 g/mol. The maximum Gasteiger partial charge on any atom is 0.395 e. The van der Waals surface area contributed by atoms with E-state index in [4.69, 9.17) is 0 Å². The molecule has 0 heterocycles. The lowest BCUT2D eigenvalue weighted by molar-refractivity contribution is 1.28. The van der Waals surface area contributed by atoms with Gasteiger partial charge in [0.25, 0.3) is 0 Å². The van der Waals surface area contributed by atoms with Crippen LogP contribution in [0.1, 0.15) is 40.0 Å². The van der Waals surface area contributed by atoms with Crippen LogP contribution in [0.3, 0.4) is 0 Å². The third-order valence-electron chi connectivity index (χ3n) is 1.27. The molecular weight excluding hydrogens is 155 g/mol. The smallest absolute Gasteiger partial charge is 0.121 e. The molecule has 13 heavy (non-hydrogen) atoms. The van der Waals surface area contributed by atoms with Crippen LogP contribution in [-0.2, 0) is 0 Å². The number of hydrogen-bond acceptors (Lipinski definition) is 0. The zero-order valence-corrected chi connectivity index (χ0v) is 8.70. The summed E-state index contributed by atoms with van der Waals surface area (Å²) in [6, 6.07) is 0. The average Bonchev–Trinajstić information content (AvgIpc) is 2.17. The molecule has 0 amide bonds. The summed E-state index contributed by atoms with van der Waals surface area (Å²) in [5.41, 5.74) is 0. The zero-order valence-electron chi connectivity index (χ0n) is 8.70. The van der Waals surface area contributed by atoms with E-state index in [0.717, 1.165) is 19.3 Å². The van der Waals surface area contributed by atoms with E-state index in [2.05, 4.69) is 35.2 Å². The molecule has 0 N–H and O–H groups in total. The molecule has 0 nitrogen and oxygen atoms in total. The Hall–Kier alpha value is -1.26. The molecule has 0 aromatic heterocycles. The van der Waals surface area contributed by atoms with E-state index < -0.39 is 0 Å². The van der Waals surface area contributed by atoms with Crippen molar-refractivity contribution in [3.8, 4) is 35.2 Å². The van der Waals surface area contributed by atoms with Gasteiger partial charge in [0.2, 0.25) is 0 Å². The van der Waals surface area contributed by atoms with Crippen LogP contribution in [0.5, 0.6) is 0 Å². The van der Waals surface area contributed by atoms with Gasteiger partial charge in [-0.2, -0.15) is 0 Å². The Balaban J connectivity index is 4.36. The molecule has 1 heteroatoms. The number of hydrogen-bond donors (Lipinski definition) is 0. The quantitative estimate of drug-likeness (QED) is 0.386. The van der Waals surface area contributed by atoms with E-state index >= 15 is 0 Å². The maximum atomic E-state index is 3.04. The predicted molar refractivity (Wildman–Crippen MR) is 60.0 cm³/mol. The standard InChI is InChI=1S/C12H15B/c1-4-7-10-13(11-8-5-2)12-9-6-3/h4-6H2,1-3H3. The minimum Gasteiger partial charge on any atom is -0.121 e. The Morgan fingerprint density at radius 2 is 1.00 bits per heavy atom. The van der Waals surface area contributed by atoms with Crippen molar-refractivity contribution >= 4 is 6.71 Å². The van der Waals surface area contributed by atoms with Crippen molar-refractivity contribution in [1.82, 2.24) is 0 Å². The second-order valence-electron chi connectivity index (χ2n) is 2.46.